The molecule has 5 nitrogen and oxygen atoms in total. The summed E-state index contributed by atoms with van der Waals surface area (Å²) < 4.78 is 9.39. The SMILES string of the molecule is Cc1nc2cc(Br)cc(O[C@H](C)C3CC(=O)N([C@H](C)c4ccccc4)C3)c2n1C. The predicted molar refractivity (Wildman–Crippen MR) is 118 cm³/mol. The van der Waals surface area contributed by atoms with Gasteiger partial charge in [0, 0.05) is 30.4 Å². The van der Waals surface area contributed by atoms with E-state index in [0.717, 1.165) is 32.6 Å². The summed E-state index contributed by atoms with van der Waals surface area (Å²) in [6.45, 7) is 6.85. The summed E-state index contributed by atoms with van der Waals surface area (Å²) in [5.74, 6) is 2.08. The van der Waals surface area contributed by atoms with Crippen molar-refractivity contribution in [1.29, 1.82) is 0 Å². The Kier molecular flexibility index (Phi) is 5.38. The first-order chi connectivity index (χ1) is 13.8. The van der Waals surface area contributed by atoms with Gasteiger partial charge in [-0.15, -0.1) is 0 Å². The minimum Gasteiger partial charge on any atom is -0.488 e. The molecule has 1 aliphatic rings. The molecule has 0 saturated carbocycles. The number of nitrogens with zero attached hydrogens (tertiary/aromatic N) is 3. The van der Waals surface area contributed by atoms with Gasteiger partial charge in [-0.1, -0.05) is 46.3 Å². The molecule has 2 aromatic carbocycles. The summed E-state index contributed by atoms with van der Waals surface area (Å²) in [4.78, 5) is 19.3. The molecular weight excluding hydrogens is 430 g/mol. The van der Waals surface area contributed by atoms with Gasteiger partial charge in [-0.3, -0.25) is 4.79 Å². The maximum Gasteiger partial charge on any atom is 0.223 e. The molecule has 1 unspecified atom stereocenters. The molecule has 3 aromatic rings. The number of imidazole rings is 1. The number of hydrogen-bond acceptors (Lipinski definition) is 3. The number of benzene rings is 2. The summed E-state index contributed by atoms with van der Waals surface area (Å²) in [5, 5.41) is 0. The van der Waals surface area contributed by atoms with E-state index in [1.54, 1.807) is 0 Å². The summed E-state index contributed by atoms with van der Waals surface area (Å²) in [6, 6.07) is 14.2. The normalized spacial score (nSPS) is 19.0. The number of fused-ring (bicyclic) bond motifs is 1. The summed E-state index contributed by atoms with van der Waals surface area (Å²) in [6.07, 6.45) is 0.430. The van der Waals surface area contributed by atoms with Gasteiger partial charge in [-0.2, -0.15) is 0 Å². The van der Waals surface area contributed by atoms with Gasteiger partial charge in [0.25, 0.3) is 0 Å². The van der Waals surface area contributed by atoms with E-state index in [0.29, 0.717) is 13.0 Å². The van der Waals surface area contributed by atoms with Crippen LogP contribution in [0.3, 0.4) is 0 Å². The zero-order valence-corrected chi connectivity index (χ0v) is 18.8. The van der Waals surface area contributed by atoms with Crippen LogP contribution < -0.4 is 4.74 Å². The monoisotopic (exact) mass is 455 g/mol. The molecule has 0 aliphatic carbocycles. The third-order valence-corrected chi connectivity index (χ3v) is 6.50. The number of hydrogen-bond donors (Lipinski definition) is 0. The van der Waals surface area contributed by atoms with Crippen LogP contribution in [0.2, 0.25) is 0 Å². The number of ether oxygens (including phenoxy) is 1. The molecule has 0 bridgehead atoms. The van der Waals surface area contributed by atoms with Crippen LogP contribution in [-0.4, -0.2) is 33.0 Å². The number of amides is 1. The fraction of sp³-hybridized carbons (Fsp3) is 0.391. The lowest BCUT2D eigenvalue weighted by molar-refractivity contribution is -0.129. The average Bonchev–Trinajstić information content (AvgIpc) is 3.21. The van der Waals surface area contributed by atoms with E-state index in [-0.39, 0.29) is 24.0 Å². The fourth-order valence-corrected chi connectivity index (χ4v) is 4.57. The van der Waals surface area contributed by atoms with Crippen LogP contribution >= 0.6 is 15.9 Å². The Hall–Kier alpha value is -2.34. The summed E-state index contributed by atoms with van der Waals surface area (Å²) >= 11 is 3.56. The van der Waals surface area contributed by atoms with E-state index in [4.69, 9.17) is 4.74 Å². The number of aromatic nitrogens is 2. The molecule has 1 aromatic heterocycles. The Morgan fingerprint density at radius 2 is 1.93 bits per heavy atom. The second kappa shape index (κ2) is 7.82. The minimum absolute atomic E-state index is 0.0678. The summed E-state index contributed by atoms with van der Waals surface area (Å²) in [5.41, 5.74) is 3.05. The highest BCUT2D eigenvalue weighted by Crippen LogP contribution is 2.35. The van der Waals surface area contributed by atoms with Crippen LogP contribution in [0.4, 0.5) is 0 Å². The second-order valence-electron chi connectivity index (χ2n) is 7.91. The van der Waals surface area contributed by atoms with Gasteiger partial charge in [0.1, 0.15) is 23.2 Å². The predicted octanol–water partition coefficient (Wildman–Crippen LogP) is 5.02. The number of halogens is 1. The van der Waals surface area contributed by atoms with Gasteiger partial charge >= 0.3 is 0 Å². The maximum atomic E-state index is 12.7. The Bertz CT molecular complexity index is 1050. The molecular formula is C23H26BrN3O2. The highest BCUT2D eigenvalue weighted by Gasteiger charge is 2.37. The van der Waals surface area contributed by atoms with Crippen molar-refractivity contribution >= 4 is 32.9 Å². The standard InChI is InChI=1S/C23H26BrN3O2/c1-14(17-8-6-5-7-9-17)27-13-18(10-22(27)28)15(2)29-21-12-19(24)11-20-23(21)26(4)16(3)25-20/h5-9,11-12,14-15,18H,10,13H2,1-4H3/t14-,15-,18?/m1/s1. The molecule has 1 fully saturated rings. The highest BCUT2D eigenvalue weighted by molar-refractivity contribution is 9.10. The Labute approximate surface area is 179 Å². The van der Waals surface area contributed by atoms with E-state index in [1.807, 2.05) is 53.8 Å². The number of likely N-dealkylation sites (tertiary alicyclic amines) is 1. The minimum atomic E-state index is -0.0837. The van der Waals surface area contributed by atoms with Crippen LogP contribution in [0, 0.1) is 12.8 Å². The van der Waals surface area contributed by atoms with Crippen molar-refractivity contribution in [2.45, 2.75) is 39.3 Å². The zero-order chi connectivity index (χ0) is 20.7. The zero-order valence-electron chi connectivity index (χ0n) is 17.2. The highest BCUT2D eigenvalue weighted by atomic mass is 79.9. The van der Waals surface area contributed by atoms with E-state index >= 15 is 0 Å². The maximum absolute atomic E-state index is 12.7. The molecule has 4 rings (SSSR count). The Morgan fingerprint density at radius 1 is 1.21 bits per heavy atom. The molecule has 1 amide bonds. The third-order valence-electron chi connectivity index (χ3n) is 6.04. The fourth-order valence-electron chi connectivity index (χ4n) is 4.14. The molecule has 29 heavy (non-hydrogen) atoms. The van der Waals surface area contributed by atoms with Crippen molar-refractivity contribution in [1.82, 2.24) is 14.5 Å². The lowest BCUT2D eigenvalue weighted by Crippen LogP contribution is -2.31. The van der Waals surface area contributed by atoms with Crippen LogP contribution in [0.25, 0.3) is 11.0 Å². The van der Waals surface area contributed by atoms with Crippen molar-refractivity contribution in [3.05, 3.63) is 58.3 Å². The van der Waals surface area contributed by atoms with Gasteiger partial charge < -0.3 is 14.2 Å². The third kappa shape index (κ3) is 3.78. The number of rotatable bonds is 5. The van der Waals surface area contributed by atoms with Crippen molar-refractivity contribution < 1.29 is 9.53 Å². The number of carbonyl (C=O) groups is 1. The summed E-state index contributed by atoms with van der Waals surface area (Å²) in [7, 11) is 2.00. The van der Waals surface area contributed by atoms with E-state index in [9.17, 15) is 4.79 Å². The van der Waals surface area contributed by atoms with Crippen molar-refractivity contribution in [3.63, 3.8) is 0 Å². The van der Waals surface area contributed by atoms with Crippen LogP contribution in [0.1, 0.15) is 37.7 Å². The Morgan fingerprint density at radius 3 is 2.66 bits per heavy atom. The van der Waals surface area contributed by atoms with E-state index in [2.05, 4.69) is 46.9 Å². The first kappa shape index (κ1) is 20.0. The molecule has 1 aliphatic heterocycles. The van der Waals surface area contributed by atoms with Gasteiger partial charge in [0.05, 0.1) is 11.6 Å². The average molecular weight is 456 g/mol. The van der Waals surface area contributed by atoms with Crippen LogP contribution in [0.5, 0.6) is 5.75 Å². The molecule has 152 valence electrons. The van der Waals surface area contributed by atoms with Crippen LogP contribution in [-0.2, 0) is 11.8 Å². The molecule has 1 saturated heterocycles. The van der Waals surface area contributed by atoms with Crippen molar-refractivity contribution in [3.8, 4) is 5.75 Å². The molecule has 0 spiro atoms. The van der Waals surface area contributed by atoms with Crippen molar-refractivity contribution in [2.75, 3.05) is 6.54 Å². The van der Waals surface area contributed by atoms with Crippen LogP contribution in [0.15, 0.2) is 46.9 Å². The topological polar surface area (TPSA) is 47.4 Å². The van der Waals surface area contributed by atoms with E-state index < -0.39 is 0 Å². The molecule has 2 heterocycles. The lowest BCUT2D eigenvalue weighted by atomic mass is 10.0. The van der Waals surface area contributed by atoms with Gasteiger partial charge in [0.2, 0.25) is 5.91 Å². The second-order valence-corrected chi connectivity index (χ2v) is 8.83. The Balaban J connectivity index is 1.53. The quantitative estimate of drug-likeness (QED) is 0.542. The number of aryl methyl sites for hydroxylation is 2. The first-order valence-electron chi connectivity index (χ1n) is 9.98. The van der Waals surface area contributed by atoms with Gasteiger partial charge in [0.15, 0.2) is 0 Å². The number of carbonyl (C=O) groups excluding carboxylic acids is 1. The first-order valence-corrected chi connectivity index (χ1v) is 10.8. The molecule has 3 atom stereocenters. The van der Waals surface area contributed by atoms with Crippen molar-refractivity contribution in [2.24, 2.45) is 13.0 Å². The molecule has 6 heteroatoms. The lowest BCUT2D eigenvalue weighted by Gasteiger charge is -2.26. The van der Waals surface area contributed by atoms with E-state index in [1.165, 1.54) is 0 Å². The molecule has 0 N–H and O–H groups in total. The van der Waals surface area contributed by atoms with Gasteiger partial charge in [-0.05, 0) is 38.5 Å². The van der Waals surface area contributed by atoms with Gasteiger partial charge in [-0.25, -0.2) is 4.98 Å². The smallest absolute Gasteiger partial charge is 0.223 e. The molecule has 0 radical (unpaired) electrons. The largest absolute Gasteiger partial charge is 0.488 e.